The highest BCUT2D eigenvalue weighted by atomic mass is 32.1. The van der Waals surface area contributed by atoms with Crippen LogP contribution in [-0.2, 0) is 22.5 Å². The van der Waals surface area contributed by atoms with E-state index >= 15 is 0 Å². The monoisotopic (exact) mass is 737 g/mol. The van der Waals surface area contributed by atoms with Crippen molar-refractivity contribution in [2.24, 2.45) is 0 Å². The maximum atomic E-state index is 13.5. The zero-order valence-electron chi connectivity index (χ0n) is 29.5. The highest BCUT2D eigenvalue weighted by Gasteiger charge is 2.28. The van der Waals surface area contributed by atoms with Gasteiger partial charge in [0.2, 0.25) is 5.91 Å². The first kappa shape index (κ1) is 36.2. The number of phenolic OH excluding ortho intramolecular Hbond substituents is 1. The molecule has 0 aliphatic carbocycles. The van der Waals surface area contributed by atoms with Gasteiger partial charge in [-0.1, -0.05) is 65.9 Å². The molecule has 2 aliphatic heterocycles. The predicted octanol–water partition coefficient (Wildman–Crippen LogP) is 5.79. The number of thiazole rings is 1. The molecule has 4 aromatic carbocycles. The molecule has 12 nitrogen and oxygen atoms in total. The first-order valence-corrected chi connectivity index (χ1v) is 18.7. The highest BCUT2D eigenvalue weighted by Crippen LogP contribution is 2.36. The van der Waals surface area contributed by atoms with Crippen LogP contribution in [0.2, 0.25) is 0 Å². The van der Waals surface area contributed by atoms with Crippen molar-refractivity contribution in [2.75, 3.05) is 50.1 Å². The fourth-order valence-corrected chi connectivity index (χ4v) is 8.12. The Morgan fingerprint density at radius 3 is 2.58 bits per heavy atom. The second-order valence-corrected chi connectivity index (χ2v) is 14.3. The fraction of sp³-hybridized carbons (Fsp3) is 0.325. The second kappa shape index (κ2) is 16.2. The molecule has 1 aromatic heterocycles. The van der Waals surface area contributed by atoms with Crippen molar-refractivity contribution in [3.05, 3.63) is 105 Å². The van der Waals surface area contributed by atoms with E-state index in [1.807, 2.05) is 65.6 Å². The van der Waals surface area contributed by atoms with Gasteiger partial charge in [-0.3, -0.25) is 14.9 Å². The summed E-state index contributed by atoms with van der Waals surface area (Å²) in [6.45, 7) is 3.35. The van der Waals surface area contributed by atoms with Gasteiger partial charge in [-0.25, -0.2) is 4.79 Å². The molecule has 3 heterocycles. The summed E-state index contributed by atoms with van der Waals surface area (Å²) < 4.78 is 12.0. The number of benzene rings is 4. The van der Waals surface area contributed by atoms with Gasteiger partial charge in [0.15, 0.2) is 0 Å². The van der Waals surface area contributed by atoms with Gasteiger partial charge in [0.25, 0.3) is 0 Å². The Labute approximate surface area is 311 Å². The Morgan fingerprint density at radius 2 is 1.79 bits per heavy atom. The van der Waals surface area contributed by atoms with E-state index in [1.54, 1.807) is 13.2 Å². The summed E-state index contributed by atoms with van der Waals surface area (Å²) in [7, 11) is 1.60. The number of likely N-dealkylation sites (tertiary alicyclic amines) is 1. The number of H-pyrrole nitrogens is 1. The summed E-state index contributed by atoms with van der Waals surface area (Å²) in [4.78, 5) is 44.6. The first-order valence-electron chi connectivity index (χ1n) is 17.9. The van der Waals surface area contributed by atoms with Gasteiger partial charge < -0.3 is 39.8 Å². The Bertz CT molecular complexity index is 2140. The lowest BCUT2D eigenvalue weighted by molar-refractivity contribution is -0.118. The molecule has 0 spiro atoms. The van der Waals surface area contributed by atoms with Crippen molar-refractivity contribution in [2.45, 2.75) is 44.4 Å². The summed E-state index contributed by atoms with van der Waals surface area (Å²) in [5.41, 5.74) is 6.38. The van der Waals surface area contributed by atoms with Crippen LogP contribution in [-0.4, -0.2) is 78.0 Å². The van der Waals surface area contributed by atoms with E-state index < -0.39 is 12.2 Å². The molecule has 0 radical (unpaired) electrons. The molecule has 5 N–H and O–H groups in total. The van der Waals surface area contributed by atoms with Gasteiger partial charge >= 0.3 is 11.0 Å². The number of anilines is 2. The number of amides is 2. The van der Waals surface area contributed by atoms with E-state index in [0.29, 0.717) is 66.1 Å². The number of nitrogens with zero attached hydrogens (tertiary/aromatic N) is 2. The quantitative estimate of drug-likeness (QED) is 0.107. The zero-order valence-corrected chi connectivity index (χ0v) is 30.3. The first-order chi connectivity index (χ1) is 25.8. The predicted molar refractivity (Wildman–Crippen MR) is 206 cm³/mol. The number of fused-ring (bicyclic) bond motifs is 2. The summed E-state index contributed by atoms with van der Waals surface area (Å²) in [5, 5.41) is 27.2. The molecule has 0 bridgehead atoms. The number of phenols is 1. The van der Waals surface area contributed by atoms with Crippen LogP contribution in [0.4, 0.5) is 16.2 Å². The van der Waals surface area contributed by atoms with E-state index in [2.05, 4.69) is 26.6 Å². The van der Waals surface area contributed by atoms with Crippen molar-refractivity contribution in [3.8, 4) is 22.6 Å². The number of aliphatic hydroxyl groups excluding tert-OH is 1. The number of nitrogens with one attached hydrogen (secondary N) is 3. The topological polar surface area (TPSA) is 156 Å². The standard InChI is InChI=1S/C40H43N5O7S/c1-51-35-22-32-26(21-27(35)23-41-24-34(47)30-11-12-33(46)37-38(30)53-40(50)43-37)13-20-45(32)36(48)16-19-44-17-14-28(15-18-44)52-39(49)42-31-10-6-5-9-29(31)25-7-3-2-4-8-25/h2-12,21-22,28,34,41,46-47H,13-20,23-24H2,1H3,(H,42,49)(H,43,50)/t34-/m0/s1. The number of carbonyl (C=O) groups is 2. The third-order valence-corrected chi connectivity index (χ3v) is 10.9. The number of carbonyl (C=O) groups excluding carboxylic acids is 2. The van der Waals surface area contributed by atoms with Crippen molar-refractivity contribution in [3.63, 3.8) is 0 Å². The van der Waals surface area contributed by atoms with Gasteiger partial charge in [-0.2, -0.15) is 0 Å². The second-order valence-electron chi connectivity index (χ2n) is 13.4. The minimum absolute atomic E-state index is 0.0342. The van der Waals surface area contributed by atoms with Crippen molar-refractivity contribution in [1.82, 2.24) is 15.2 Å². The molecule has 5 aromatic rings. The number of aromatic amines is 1. The molecular formula is C40H43N5O7S. The number of para-hydroxylation sites is 1. The van der Waals surface area contributed by atoms with Crippen LogP contribution in [0.3, 0.4) is 0 Å². The average molecular weight is 738 g/mol. The van der Waals surface area contributed by atoms with Crippen LogP contribution in [0.25, 0.3) is 21.3 Å². The Morgan fingerprint density at radius 1 is 1.02 bits per heavy atom. The smallest absolute Gasteiger partial charge is 0.411 e. The van der Waals surface area contributed by atoms with E-state index in [1.165, 1.54) is 6.07 Å². The molecule has 1 atom stereocenters. The van der Waals surface area contributed by atoms with Crippen LogP contribution in [0.15, 0.2) is 83.7 Å². The summed E-state index contributed by atoms with van der Waals surface area (Å²) in [6, 6.07) is 24.6. The highest BCUT2D eigenvalue weighted by molar-refractivity contribution is 7.16. The molecule has 13 heteroatoms. The van der Waals surface area contributed by atoms with Crippen LogP contribution >= 0.6 is 11.3 Å². The van der Waals surface area contributed by atoms with E-state index in [4.69, 9.17) is 9.47 Å². The van der Waals surface area contributed by atoms with Crippen LogP contribution < -0.4 is 25.1 Å². The summed E-state index contributed by atoms with van der Waals surface area (Å²) >= 11 is 0.954. The Balaban J connectivity index is 0.875. The lowest BCUT2D eigenvalue weighted by atomic mass is 10.0. The largest absolute Gasteiger partial charge is 0.506 e. The minimum Gasteiger partial charge on any atom is -0.506 e. The van der Waals surface area contributed by atoms with Gasteiger partial charge in [0.05, 0.1) is 29.3 Å². The van der Waals surface area contributed by atoms with Crippen molar-refractivity contribution in [1.29, 1.82) is 0 Å². The molecule has 1 fully saturated rings. The van der Waals surface area contributed by atoms with E-state index in [-0.39, 0.29) is 29.2 Å². The molecule has 0 saturated carbocycles. The molecule has 1 saturated heterocycles. The van der Waals surface area contributed by atoms with Gasteiger partial charge in [0.1, 0.15) is 23.1 Å². The molecule has 0 unspecified atom stereocenters. The maximum absolute atomic E-state index is 13.5. The van der Waals surface area contributed by atoms with E-state index in [0.717, 1.165) is 58.8 Å². The fourth-order valence-electron chi connectivity index (χ4n) is 7.20. The summed E-state index contributed by atoms with van der Waals surface area (Å²) in [6.07, 6.45) is 0.967. The number of rotatable bonds is 12. The number of ether oxygens (including phenoxy) is 2. The lowest BCUT2D eigenvalue weighted by Crippen LogP contribution is -2.40. The number of aromatic nitrogens is 1. The normalized spacial score (nSPS) is 15.3. The lowest BCUT2D eigenvalue weighted by Gasteiger charge is -2.31. The van der Waals surface area contributed by atoms with Crippen molar-refractivity contribution >= 4 is 44.9 Å². The number of aliphatic hydroxyl groups is 1. The van der Waals surface area contributed by atoms with Crippen LogP contribution in [0.1, 0.15) is 42.1 Å². The SMILES string of the molecule is COc1cc2c(cc1CNC[C@H](O)c1ccc(O)c3[nH]c(=O)sc13)CCN2C(=O)CCN1CCC(OC(=O)Nc2ccccc2-c2ccccc2)CC1. The van der Waals surface area contributed by atoms with Crippen LogP contribution in [0.5, 0.6) is 11.5 Å². The number of hydrogen-bond acceptors (Lipinski definition) is 10. The number of methoxy groups -OCH3 is 1. The Hall–Kier alpha value is -5.21. The number of piperidine rings is 1. The molecule has 7 rings (SSSR count). The summed E-state index contributed by atoms with van der Waals surface area (Å²) in [5.74, 6) is 0.672. The minimum atomic E-state index is -0.899. The van der Waals surface area contributed by atoms with Gasteiger partial charge in [-0.15, -0.1) is 0 Å². The average Bonchev–Trinajstić information content (AvgIpc) is 3.78. The molecule has 276 valence electrons. The molecule has 2 amide bonds. The van der Waals surface area contributed by atoms with Gasteiger partial charge in [0, 0.05) is 68.4 Å². The maximum Gasteiger partial charge on any atom is 0.411 e. The van der Waals surface area contributed by atoms with E-state index in [9.17, 15) is 24.6 Å². The van der Waals surface area contributed by atoms with Crippen LogP contribution in [0, 0.1) is 0 Å². The molecule has 2 aliphatic rings. The molecular weight excluding hydrogens is 695 g/mol. The van der Waals surface area contributed by atoms with Gasteiger partial charge in [-0.05, 0) is 48.6 Å². The number of aromatic hydroxyl groups is 1. The number of hydrogen-bond donors (Lipinski definition) is 5. The van der Waals surface area contributed by atoms with Crippen molar-refractivity contribution < 1.29 is 29.3 Å². The third-order valence-electron chi connectivity index (χ3n) is 9.98. The third kappa shape index (κ3) is 8.23. The molecule has 53 heavy (non-hydrogen) atoms. The Kier molecular flexibility index (Phi) is 11.1. The zero-order chi connectivity index (χ0) is 36.9.